The van der Waals surface area contributed by atoms with E-state index in [2.05, 4.69) is 29.8 Å². The summed E-state index contributed by atoms with van der Waals surface area (Å²) < 4.78 is 4.66. The third-order valence-electron chi connectivity index (χ3n) is 4.77. The van der Waals surface area contributed by atoms with Gasteiger partial charge in [-0.05, 0) is 46.2 Å². The summed E-state index contributed by atoms with van der Waals surface area (Å²) in [6.07, 6.45) is 6.91. The summed E-state index contributed by atoms with van der Waals surface area (Å²) in [6.45, 7) is 4.16. The van der Waals surface area contributed by atoms with Gasteiger partial charge in [0.15, 0.2) is 0 Å². The van der Waals surface area contributed by atoms with E-state index < -0.39 is 0 Å². The molecule has 2 aromatic heterocycles. The zero-order chi connectivity index (χ0) is 18.5. The number of hydrogen-bond donors (Lipinski definition) is 0. The second-order valence-corrected chi connectivity index (χ2v) is 7.24. The van der Waals surface area contributed by atoms with Crippen LogP contribution in [0.3, 0.4) is 0 Å². The van der Waals surface area contributed by atoms with Crippen molar-refractivity contribution < 1.29 is 9.42 Å². The molecule has 0 aromatic carbocycles. The van der Waals surface area contributed by atoms with Gasteiger partial charge in [0, 0.05) is 25.8 Å². The number of rotatable bonds is 6. The van der Waals surface area contributed by atoms with Gasteiger partial charge in [-0.2, -0.15) is 0 Å². The zero-order valence-electron chi connectivity index (χ0n) is 15.7. The van der Waals surface area contributed by atoms with Crippen molar-refractivity contribution in [1.82, 2.24) is 30.1 Å². The van der Waals surface area contributed by atoms with Gasteiger partial charge in [-0.3, -0.25) is 14.8 Å². The van der Waals surface area contributed by atoms with Crippen molar-refractivity contribution in [2.45, 2.75) is 39.2 Å². The van der Waals surface area contributed by atoms with Crippen molar-refractivity contribution in [3.8, 4) is 0 Å². The van der Waals surface area contributed by atoms with E-state index in [1.54, 1.807) is 6.92 Å². The van der Waals surface area contributed by atoms with E-state index in [4.69, 9.17) is 0 Å². The van der Waals surface area contributed by atoms with Gasteiger partial charge < -0.3 is 9.80 Å². The number of carbonyl (C=O) groups excluding carboxylic acids is 1. The number of aromatic nitrogens is 4. The molecule has 1 saturated heterocycles. The smallest absolute Gasteiger partial charge is 0.228 e. The van der Waals surface area contributed by atoms with E-state index in [1.165, 1.54) is 0 Å². The molecule has 0 aliphatic carbocycles. The lowest BCUT2D eigenvalue weighted by atomic mass is 9.92. The fourth-order valence-corrected chi connectivity index (χ4v) is 3.24. The fourth-order valence-electron chi connectivity index (χ4n) is 3.24. The average molecular weight is 358 g/mol. The SMILES string of the molecule is Cc1nonc1CC(=O)N1CCC(Cc2cnc(CN(C)C)cn2)CC1. The lowest BCUT2D eigenvalue weighted by Crippen LogP contribution is -2.39. The Morgan fingerprint density at radius 1 is 1.19 bits per heavy atom. The Morgan fingerprint density at radius 2 is 1.88 bits per heavy atom. The van der Waals surface area contributed by atoms with E-state index in [-0.39, 0.29) is 12.3 Å². The predicted molar refractivity (Wildman–Crippen MR) is 95.2 cm³/mol. The molecular formula is C18H26N6O2. The van der Waals surface area contributed by atoms with Crippen molar-refractivity contribution in [2.75, 3.05) is 27.2 Å². The standard InChI is InChI=1S/C18H26N6O2/c1-13-17(22-26-21-13)9-18(25)24-6-4-14(5-7-24)8-15-10-20-16(11-19-15)12-23(2)3/h10-11,14H,4-9,12H2,1-3H3. The minimum Gasteiger partial charge on any atom is -0.342 e. The van der Waals surface area contributed by atoms with Gasteiger partial charge in [-0.25, -0.2) is 4.63 Å². The molecule has 0 radical (unpaired) electrons. The van der Waals surface area contributed by atoms with Crippen LogP contribution in [0.5, 0.6) is 0 Å². The molecule has 1 aliphatic rings. The summed E-state index contributed by atoms with van der Waals surface area (Å²) >= 11 is 0. The zero-order valence-corrected chi connectivity index (χ0v) is 15.7. The van der Waals surface area contributed by atoms with Gasteiger partial charge >= 0.3 is 0 Å². The number of amides is 1. The van der Waals surface area contributed by atoms with E-state index in [0.29, 0.717) is 17.3 Å². The van der Waals surface area contributed by atoms with Gasteiger partial charge in [0.2, 0.25) is 5.91 Å². The molecule has 8 heteroatoms. The Balaban J connectivity index is 1.46. The molecule has 3 rings (SSSR count). The van der Waals surface area contributed by atoms with E-state index in [1.807, 2.05) is 31.4 Å². The quantitative estimate of drug-likeness (QED) is 0.768. The topological polar surface area (TPSA) is 88.2 Å². The summed E-state index contributed by atoms with van der Waals surface area (Å²) in [5.74, 6) is 0.638. The molecule has 1 aliphatic heterocycles. The van der Waals surface area contributed by atoms with Crippen LogP contribution >= 0.6 is 0 Å². The lowest BCUT2D eigenvalue weighted by Gasteiger charge is -2.31. The highest BCUT2D eigenvalue weighted by atomic mass is 16.6. The highest BCUT2D eigenvalue weighted by Crippen LogP contribution is 2.21. The molecule has 0 saturated carbocycles. The van der Waals surface area contributed by atoms with Crippen molar-refractivity contribution in [2.24, 2.45) is 5.92 Å². The molecule has 2 aromatic rings. The minimum absolute atomic E-state index is 0.0927. The molecule has 1 fully saturated rings. The van der Waals surface area contributed by atoms with Crippen LogP contribution in [-0.4, -0.2) is 63.2 Å². The third-order valence-corrected chi connectivity index (χ3v) is 4.77. The van der Waals surface area contributed by atoms with Crippen molar-refractivity contribution >= 4 is 5.91 Å². The molecular weight excluding hydrogens is 332 g/mol. The van der Waals surface area contributed by atoms with Crippen LogP contribution in [0.2, 0.25) is 0 Å². The number of aryl methyl sites for hydroxylation is 1. The molecule has 0 unspecified atom stereocenters. The number of nitrogens with zero attached hydrogens (tertiary/aromatic N) is 6. The van der Waals surface area contributed by atoms with Crippen LogP contribution in [0.15, 0.2) is 17.0 Å². The van der Waals surface area contributed by atoms with Gasteiger partial charge in [0.1, 0.15) is 11.4 Å². The summed E-state index contributed by atoms with van der Waals surface area (Å²) in [5.41, 5.74) is 3.33. The van der Waals surface area contributed by atoms with Crippen LogP contribution in [0.1, 0.15) is 35.6 Å². The number of carbonyl (C=O) groups is 1. The first-order valence-corrected chi connectivity index (χ1v) is 9.01. The number of hydrogen-bond acceptors (Lipinski definition) is 7. The lowest BCUT2D eigenvalue weighted by molar-refractivity contribution is -0.131. The van der Waals surface area contributed by atoms with Crippen LogP contribution in [-0.2, 0) is 24.2 Å². The molecule has 0 spiro atoms. The molecule has 8 nitrogen and oxygen atoms in total. The molecule has 0 bridgehead atoms. The van der Waals surface area contributed by atoms with Crippen molar-refractivity contribution in [3.05, 3.63) is 35.2 Å². The van der Waals surface area contributed by atoms with Crippen LogP contribution in [0, 0.1) is 12.8 Å². The number of likely N-dealkylation sites (tertiary alicyclic amines) is 1. The summed E-state index contributed by atoms with van der Waals surface area (Å²) in [5, 5.41) is 7.52. The van der Waals surface area contributed by atoms with E-state index >= 15 is 0 Å². The number of piperidine rings is 1. The maximum Gasteiger partial charge on any atom is 0.228 e. The molecule has 3 heterocycles. The second-order valence-electron chi connectivity index (χ2n) is 7.24. The Bertz CT molecular complexity index is 720. The summed E-state index contributed by atoms with van der Waals surface area (Å²) in [6, 6.07) is 0. The van der Waals surface area contributed by atoms with Gasteiger partial charge in [-0.1, -0.05) is 10.3 Å². The van der Waals surface area contributed by atoms with Crippen molar-refractivity contribution in [3.63, 3.8) is 0 Å². The van der Waals surface area contributed by atoms with E-state index in [9.17, 15) is 4.79 Å². The molecule has 0 N–H and O–H groups in total. The summed E-state index contributed by atoms with van der Waals surface area (Å²) in [4.78, 5) is 25.4. The second kappa shape index (κ2) is 8.35. The Morgan fingerprint density at radius 3 is 2.46 bits per heavy atom. The van der Waals surface area contributed by atoms with Crippen molar-refractivity contribution in [1.29, 1.82) is 0 Å². The van der Waals surface area contributed by atoms with Crippen LogP contribution < -0.4 is 0 Å². The Kier molecular flexibility index (Phi) is 5.92. The van der Waals surface area contributed by atoms with Crippen LogP contribution in [0.25, 0.3) is 0 Å². The van der Waals surface area contributed by atoms with E-state index in [0.717, 1.165) is 50.3 Å². The van der Waals surface area contributed by atoms with Gasteiger partial charge in [-0.15, -0.1) is 0 Å². The molecule has 26 heavy (non-hydrogen) atoms. The summed E-state index contributed by atoms with van der Waals surface area (Å²) in [7, 11) is 4.04. The monoisotopic (exact) mass is 358 g/mol. The Hall–Kier alpha value is -2.35. The van der Waals surface area contributed by atoms with Gasteiger partial charge in [0.25, 0.3) is 0 Å². The highest BCUT2D eigenvalue weighted by Gasteiger charge is 2.24. The minimum atomic E-state index is 0.0927. The fraction of sp³-hybridized carbons (Fsp3) is 0.611. The average Bonchev–Trinajstić information content (AvgIpc) is 3.01. The van der Waals surface area contributed by atoms with Crippen LogP contribution in [0.4, 0.5) is 0 Å². The largest absolute Gasteiger partial charge is 0.342 e. The highest BCUT2D eigenvalue weighted by molar-refractivity contribution is 5.78. The maximum absolute atomic E-state index is 12.4. The maximum atomic E-state index is 12.4. The molecule has 0 atom stereocenters. The predicted octanol–water partition coefficient (Wildman–Crippen LogP) is 1.25. The van der Waals surface area contributed by atoms with Gasteiger partial charge in [0.05, 0.1) is 24.0 Å². The first-order chi connectivity index (χ1) is 12.5. The molecule has 140 valence electrons. The first kappa shape index (κ1) is 18.4. The first-order valence-electron chi connectivity index (χ1n) is 9.01. The Labute approximate surface area is 153 Å². The normalized spacial score (nSPS) is 15.6. The third kappa shape index (κ3) is 4.85. The molecule has 1 amide bonds.